The van der Waals surface area contributed by atoms with Crippen molar-refractivity contribution in [2.75, 3.05) is 5.32 Å². The SMILES string of the molecule is O=C(Nc1cccc2ccc(-c3cc(F)cc(C(F)(F)F)c3)nc12)c1cscn1. The van der Waals surface area contributed by atoms with Gasteiger partial charge in [-0.1, -0.05) is 18.2 Å². The molecule has 0 aliphatic carbocycles. The molecule has 4 rings (SSSR count). The van der Waals surface area contributed by atoms with Crippen LogP contribution < -0.4 is 5.32 Å². The van der Waals surface area contributed by atoms with Crippen LogP contribution in [0, 0.1) is 5.82 Å². The zero-order valence-electron chi connectivity index (χ0n) is 14.5. The first-order valence-corrected chi connectivity index (χ1v) is 9.23. The van der Waals surface area contributed by atoms with Gasteiger partial charge in [-0.15, -0.1) is 11.3 Å². The highest BCUT2D eigenvalue weighted by Crippen LogP contribution is 2.33. The number of halogens is 4. The number of para-hydroxylation sites is 1. The number of carbonyl (C=O) groups excluding carboxylic acids is 1. The van der Waals surface area contributed by atoms with Gasteiger partial charge >= 0.3 is 6.18 Å². The Kier molecular flexibility index (Phi) is 4.75. The number of pyridine rings is 1. The van der Waals surface area contributed by atoms with Crippen LogP contribution in [0.15, 0.2) is 59.4 Å². The summed E-state index contributed by atoms with van der Waals surface area (Å²) in [5.41, 5.74) is 1.54. The number of alkyl halides is 3. The average molecular weight is 417 g/mol. The van der Waals surface area contributed by atoms with E-state index in [2.05, 4.69) is 15.3 Å². The van der Waals surface area contributed by atoms with E-state index in [9.17, 15) is 22.4 Å². The average Bonchev–Trinajstić information content (AvgIpc) is 3.22. The van der Waals surface area contributed by atoms with Crippen molar-refractivity contribution < 1.29 is 22.4 Å². The number of rotatable bonds is 3. The van der Waals surface area contributed by atoms with E-state index in [0.717, 1.165) is 12.1 Å². The molecule has 2 aromatic heterocycles. The predicted octanol–water partition coefficient (Wildman–Crippen LogP) is 5.77. The van der Waals surface area contributed by atoms with Crippen molar-refractivity contribution >= 4 is 33.8 Å². The van der Waals surface area contributed by atoms with Gasteiger partial charge in [-0.2, -0.15) is 13.2 Å². The molecular formula is C20H11F4N3OS. The molecule has 2 heterocycles. The summed E-state index contributed by atoms with van der Waals surface area (Å²) in [6, 6.07) is 10.5. The third-order valence-electron chi connectivity index (χ3n) is 4.15. The maximum atomic E-state index is 13.8. The highest BCUT2D eigenvalue weighted by molar-refractivity contribution is 7.07. The zero-order valence-corrected chi connectivity index (χ0v) is 15.3. The van der Waals surface area contributed by atoms with E-state index in [1.165, 1.54) is 22.9 Å². The molecule has 0 fully saturated rings. The van der Waals surface area contributed by atoms with E-state index in [1.807, 2.05) is 0 Å². The first kappa shape index (κ1) is 19.0. The van der Waals surface area contributed by atoms with Crippen LogP contribution in [-0.2, 0) is 6.18 Å². The number of amides is 1. The maximum Gasteiger partial charge on any atom is 0.416 e. The molecule has 29 heavy (non-hydrogen) atoms. The van der Waals surface area contributed by atoms with Gasteiger partial charge in [0.05, 0.1) is 28.0 Å². The number of benzene rings is 2. The Morgan fingerprint density at radius 3 is 2.62 bits per heavy atom. The molecule has 146 valence electrons. The molecule has 0 unspecified atom stereocenters. The topological polar surface area (TPSA) is 54.9 Å². The standard InChI is InChI=1S/C20H11F4N3OS/c21-14-7-12(6-13(8-14)20(22,23)24)15-5-4-11-2-1-3-16(18(11)26-15)27-19(28)17-9-29-10-25-17/h1-10H,(H,27,28). The summed E-state index contributed by atoms with van der Waals surface area (Å²) >= 11 is 1.27. The quantitative estimate of drug-likeness (QED) is 0.431. The minimum Gasteiger partial charge on any atom is -0.319 e. The molecule has 4 nitrogen and oxygen atoms in total. The number of nitrogens with one attached hydrogen (secondary N) is 1. The molecule has 1 amide bonds. The Morgan fingerprint density at radius 1 is 1.07 bits per heavy atom. The Bertz CT molecular complexity index is 1210. The molecule has 0 radical (unpaired) electrons. The lowest BCUT2D eigenvalue weighted by Crippen LogP contribution is -2.12. The number of aromatic nitrogens is 2. The number of thiazole rings is 1. The lowest BCUT2D eigenvalue weighted by Gasteiger charge is -2.11. The number of hydrogen-bond acceptors (Lipinski definition) is 4. The molecule has 0 atom stereocenters. The van der Waals surface area contributed by atoms with Crippen molar-refractivity contribution in [1.29, 1.82) is 0 Å². The summed E-state index contributed by atoms with van der Waals surface area (Å²) in [4.78, 5) is 20.6. The Hall–Kier alpha value is -3.33. The van der Waals surface area contributed by atoms with Crippen LogP contribution in [0.4, 0.5) is 23.2 Å². The molecule has 0 aliphatic heterocycles. The van der Waals surface area contributed by atoms with Gasteiger partial charge in [0.15, 0.2) is 0 Å². The summed E-state index contributed by atoms with van der Waals surface area (Å²) in [5.74, 6) is -1.45. The second kappa shape index (κ2) is 7.25. The molecule has 0 aliphatic rings. The van der Waals surface area contributed by atoms with Gasteiger partial charge in [0, 0.05) is 16.3 Å². The van der Waals surface area contributed by atoms with Crippen molar-refractivity contribution in [2.45, 2.75) is 6.18 Å². The predicted molar refractivity (Wildman–Crippen MR) is 102 cm³/mol. The third kappa shape index (κ3) is 3.95. The number of nitrogens with zero attached hydrogens (tertiary/aromatic N) is 2. The maximum absolute atomic E-state index is 13.8. The van der Waals surface area contributed by atoms with E-state index in [-0.39, 0.29) is 17.0 Å². The van der Waals surface area contributed by atoms with Crippen LogP contribution in [-0.4, -0.2) is 15.9 Å². The number of carbonyl (C=O) groups is 1. The molecule has 4 aromatic rings. The van der Waals surface area contributed by atoms with Gasteiger partial charge in [0.2, 0.25) is 0 Å². The highest BCUT2D eigenvalue weighted by Gasteiger charge is 2.31. The van der Waals surface area contributed by atoms with Crippen LogP contribution in [0.5, 0.6) is 0 Å². The summed E-state index contributed by atoms with van der Waals surface area (Å²) in [6.45, 7) is 0. The Balaban J connectivity index is 1.78. The highest BCUT2D eigenvalue weighted by atomic mass is 32.1. The fourth-order valence-electron chi connectivity index (χ4n) is 2.82. The lowest BCUT2D eigenvalue weighted by molar-refractivity contribution is -0.137. The van der Waals surface area contributed by atoms with E-state index in [0.29, 0.717) is 22.7 Å². The second-order valence-corrected chi connectivity index (χ2v) is 6.85. The monoisotopic (exact) mass is 417 g/mol. The number of anilines is 1. The van der Waals surface area contributed by atoms with E-state index >= 15 is 0 Å². The van der Waals surface area contributed by atoms with Crippen LogP contribution >= 0.6 is 11.3 Å². The van der Waals surface area contributed by atoms with Gasteiger partial charge in [-0.05, 0) is 30.3 Å². The van der Waals surface area contributed by atoms with Crippen LogP contribution in [0.2, 0.25) is 0 Å². The minimum absolute atomic E-state index is 0.0140. The second-order valence-electron chi connectivity index (χ2n) is 6.13. The van der Waals surface area contributed by atoms with Crippen LogP contribution in [0.25, 0.3) is 22.2 Å². The van der Waals surface area contributed by atoms with Crippen molar-refractivity contribution in [3.05, 3.63) is 76.5 Å². The van der Waals surface area contributed by atoms with Crippen molar-refractivity contribution in [3.8, 4) is 11.3 Å². The molecule has 2 aromatic carbocycles. The lowest BCUT2D eigenvalue weighted by atomic mass is 10.1. The van der Waals surface area contributed by atoms with Gasteiger partial charge in [-0.25, -0.2) is 14.4 Å². The van der Waals surface area contributed by atoms with E-state index in [4.69, 9.17) is 0 Å². The normalized spacial score (nSPS) is 11.6. The summed E-state index contributed by atoms with van der Waals surface area (Å²) in [5, 5.41) is 4.95. The van der Waals surface area contributed by atoms with Gasteiger partial charge in [-0.3, -0.25) is 4.79 Å². The van der Waals surface area contributed by atoms with Crippen LogP contribution in [0.3, 0.4) is 0 Å². The zero-order chi connectivity index (χ0) is 20.6. The number of hydrogen-bond donors (Lipinski definition) is 1. The summed E-state index contributed by atoms with van der Waals surface area (Å²) < 4.78 is 52.8. The molecule has 0 saturated heterocycles. The summed E-state index contributed by atoms with van der Waals surface area (Å²) in [6.07, 6.45) is -4.68. The third-order valence-corrected chi connectivity index (χ3v) is 4.74. The fourth-order valence-corrected chi connectivity index (χ4v) is 3.35. The van der Waals surface area contributed by atoms with Crippen LogP contribution in [0.1, 0.15) is 16.1 Å². The summed E-state index contributed by atoms with van der Waals surface area (Å²) in [7, 11) is 0. The molecule has 0 spiro atoms. The fraction of sp³-hybridized carbons (Fsp3) is 0.0500. The van der Waals surface area contributed by atoms with Crippen molar-refractivity contribution in [2.24, 2.45) is 0 Å². The van der Waals surface area contributed by atoms with E-state index in [1.54, 1.807) is 29.6 Å². The Morgan fingerprint density at radius 2 is 1.90 bits per heavy atom. The van der Waals surface area contributed by atoms with Gasteiger partial charge in [0.25, 0.3) is 5.91 Å². The smallest absolute Gasteiger partial charge is 0.319 e. The van der Waals surface area contributed by atoms with Gasteiger partial charge in [0.1, 0.15) is 11.5 Å². The minimum atomic E-state index is -4.68. The Labute approximate surface area is 165 Å². The van der Waals surface area contributed by atoms with Crippen molar-refractivity contribution in [1.82, 2.24) is 9.97 Å². The number of fused-ring (bicyclic) bond motifs is 1. The van der Waals surface area contributed by atoms with Crippen molar-refractivity contribution in [3.63, 3.8) is 0 Å². The first-order valence-electron chi connectivity index (χ1n) is 8.29. The largest absolute Gasteiger partial charge is 0.416 e. The van der Waals surface area contributed by atoms with E-state index < -0.39 is 23.5 Å². The first-order chi connectivity index (χ1) is 13.8. The van der Waals surface area contributed by atoms with Gasteiger partial charge < -0.3 is 5.32 Å². The molecule has 0 saturated carbocycles. The molecule has 1 N–H and O–H groups in total. The molecule has 0 bridgehead atoms. The molecular weight excluding hydrogens is 406 g/mol. The molecule has 9 heteroatoms.